The zero-order valence-corrected chi connectivity index (χ0v) is 13.1. The van der Waals surface area contributed by atoms with Crippen LogP contribution in [0.2, 0.25) is 5.02 Å². The van der Waals surface area contributed by atoms with Crippen LogP contribution >= 0.6 is 11.6 Å². The fraction of sp³-hybridized carbons (Fsp3) is 0.467. The minimum Gasteiger partial charge on any atom is -0.338 e. The van der Waals surface area contributed by atoms with Gasteiger partial charge in [0.15, 0.2) is 0 Å². The molecule has 1 heterocycles. The van der Waals surface area contributed by atoms with Gasteiger partial charge >= 0.3 is 6.03 Å². The van der Waals surface area contributed by atoms with Crippen LogP contribution in [0.25, 0.3) is 0 Å². The molecule has 1 fully saturated rings. The van der Waals surface area contributed by atoms with Gasteiger partial charge in [-0.05, 0) is 37.1 Å². The number of amides is 3. The Balaban J connectivity index is 1.87. The van der Waals surface area contributed by atoms with Gasteiger partial charge in [-0.25, -0.2) is 4.79 Å². The molecule has 0 atom stereocenters. The van der Waals surface area contributed by atoms with Crippen LogP contribution in [0.4, 0.5) is 4.79 Å². The maximum atomic E-state index is 12.3. The van der Waals surface area contributed by atoms with E-state index in [4.69, 9.17) is 11.6 Å². The lowest BCUT2D eigenvalue weighted by Crippen LogP contribution is -2.48. The monoisotopic (exact) mass is 309 g/mol. The Morgan fingerprint density at radius 2 is 1.76 bits per heavy atom. The molecule has 1 aliphatic rings. The van der Waals surface area contributed by atoms with E-state index in [-0.39, 0.29) is 18.0 Å². The summed E-state index contributed by atoms with van der Waals surface area (Å²) in [6, 6.07) is 6.97. The Labute approximate surface area is 129 Å². The molecule has 3 amide bonds. The number of piperidine rings is 1. The first kappa shape index (κ1) is 15.6. The Morgan fingerprint density at radius 1 is 1.19 bits per heavy atom. The van der Waals surface area contributed by atoms with Gasteiger partial charge in [0.2, 0.25) is 0 Å². The number of carbonyl (C=O) groups is 2. The lowest BCUT2D eigenvalue weighted by molar-refractivity contribution is 0.0707. The molecule has 0 spiro atoms. The Hall–Kier alpha value is -1.75. The molecule has 5 nitrogen and oxygen atoms in total. The van der Waals surface area contributed by atoms with E-state index in [9.17, 15) is 9.59 Å². The van der Waals surface area contributed by atoms with Crippen LogP contribution in [0.15, 0.2) is 24.3 Å². The van der Waals surface area contributed by atoms with Crippen molar-refractivity contribution in [2.45, 2.75) is 18.9 Å². The molecule has 0 saturated carbocycles. The minimum absolute atomic E-state index is 0.0176. The van der Waals surface area contributed by atoms with Gasteiger partial charge in [-0.2, -0.15) is 0 Å². The molecule has 1 N–H and O–H groups in total. The third-order valence-electron chi connectivity index (χ3n) is 3.61. The van der Waals surface area contributed by atoms with E-state index in [0.29, 0.717) is 23.7 Å². The number of urea groups is 1. The summed E-state index contributed by atoms with van der Waals surface area (Å²) in [6.45, 7) is 1.31. The van der Waals surface area contributed by atoms with Crippen LogP contribution in [-0.4, -0.2) is 55.0 Å². The van der Waals surface area contributed by atoms with Crippen LogP contribution in [-0.2, 0) is 0 Å². The molecule has 0 radical (unpaired) electrons. The van der Waals surface area contributed by atoms with Crippen molar-refractivity contribution in [2.24, 2.45) is 0 Å². The lowest BCUT2D eigenvalue weighted by Gasteiger charge is -2.33. The summed E-state index contributed by atoms with van der Waals surface area (Å²) in [7, 11) is 3.43. The van der Waals surface area contributed by atoms with Crippen molar-refractivity contribution in [2.75, 3.05) is 27.2 Å². The first-order chi connectivity index (χ1) is 9.97. The van der Waals surface area contributed by atoms with Gasteiger partial charge in [0.25, 0.3) is 5.91 Å². The Morgan fingerprint density at radius 3 is 2.29 bits per heavy atom. The first-order valence-electron chi connectivity index (χ1n) is 7.00. The second kappa shape index (κ2) is 6.80. The average molecular weight is 310 g/mol. The van der Waals surface area contributed by atoms with Crippen molar-refractivity contribution in [1.82, 2.24) is 15.1 Å². The number of nitrogens with zero attached hydrogens (tertiary/aromatic N) is 2. The molecule has 0 aliphatic carbocycles. The number of hydrogen-bond donors (Lipinski definition) is 1. The first-order valence-corrected chi connectivity index (χ1v) is 7.38. The van der Waals surface area contributed by atoms with Gasteiger partial charge in [-0.1, -0.05) is 11.6 Å². The third-order valence-corrected chi connectivity index (χ3v) is 3.86. The summed E-state index contributed by atoms with van der Waals surface area (Å²) in [4.78, 5) is 27.3. The zero-order valence-electron chi connectivity index (χ0n) is 12.3. The molecule has 1 aromatic carbocycles. The lowest BCUT2D eigenvalue weighted by atomic mass is 10.0. The standard InChI is InChI=1S/C15H20ClN3O2/c1-18(2)15(21)17-13-7-9-19(10-8-13)14(20)11-3-5-12(16)6-4-11/h3-6,13H,7-10H2,1-2H3,(H,17,21). The Kier molecular flexibility index (Phi) is 5.07. The second-order valence-electron chi connectivity index (χ2n) is 5.42. The van der Waals surface area contributed by atoms with Crippen LogP contribution in [0, 0.1) is 0 Å². The molecule has 0 unspecified atom stereocenters. The van der Waals surface area contributed by atoms with Crippen molar-refractivity contribution in [3.8, 4) is 0 Å². The van der Waals surface area contributed by atoms with Crippen molar-refractivity contribution in [1.29, 1.82) is 0 Å². The van der Waals surface area contributed by atoms with Crippen LogP contribution in [0.1, 0.15) is 23.2 Å². The van der Waals surface area contributed by atoms with Gasteiger partial charge in [0.1, 0.15) is 0 Å². The number of likely N-dealkylation sites (tertiary alicyclic amines) is 1. The van der Waals surface area contributed by atoms with Crippen molar-refractivity contribution < 1.29 is 9.59 Å². The maximum absolute atomic E-state index is 12.3. The third kappa shape index (κ3) is 4.11. The highest BCUT2D eigenvalue weighted by molar-refractivity contribution is 6.30. The van der Waals surface area contributed by atoms with Crippen molar-refractivity contribution in [3.05, 3.63) is 34.9 Å². The van der Waals surface area contributed by atoms with Gasteiger partial charge < -0.3 is 15.1 Å². The Bertz CT molecular complexity index is 508. The summed E-state index contributed by atoms with van der Waals surface area (Å²) in [5.74, 6) is 0.0176. The largest absolute Gasteiger partial charge is 0.338 e. The van der Waals surface area contributed by atoms with E-state index < -0.39 is 0 Å². The van der Waals surface area contributed by atoms with Gasteiger partial charge in [-0.3, -0.25) is 4.79 Å². The molecular weight excluding hydrogens is 290 g/mol. The highest BCUT2D eigenvalue weighted by Crippen LogP contribution is 2.16. The molecule has 114 valence electrons. The van der Waals surface area contributed by atoms with E-state index in [1.165, 1.54) is 4.90 Å². The molecular formula is C15H20ClN3O2. The normalized spacial score (nSPS) is 15.7. The second-order valence-corrected chi connectivity index (χ2v) is 5.85. The minimum atomic E-state index is -0.0857. The summed E-state index contributed by atoms with van der Waals surface area (Å²) in [6.07, 6.45) is 1.55. The molecule has 1 saturated heterocycles. The summed E-state index contributed by atoms with van der Waals surface area (Å²) in [5, 5.41) is 3.58. The van der Waals surface area contributed by atoms with Gasteiger partial charge in [-0.15, -0.1) is 0 Å². The fourth-order valence-corrected chi connectivity index (χ4v) is 2.43. The van der Waals surface area contributed by atoms with Crippen LogP contribution < -0.4 is 5.32 Å². The van der Waals surface area contributed by atoms with E-state index in [2.05, 4.69) is 5.32 Å². The zero-order chi connectivity index (χ0) is 15.4. The van der Waals surface area contributed by atoms with Gasteiger partial charge in [0.05, 0.1) is 0 Å². The van der Waals surface area contributed by atoms with E-state index in [1.807, 2.05) is 4.90 Å². The summed E-state index contributed by atoms with van der Waals surface area (Å²) in [5.41, 5.74) is 0.648. The SMILES string of the molecule is CN(C)C(=O)NC1CCN(C(=O)c2ccc(Cl)cc2)CC1. The number of benzene rings is 1. The van der Waals surface area contributed by atoms with Crippen LogP contribution in [0.5, 0.6) is 0 Å². The van der Waals surface area contributed by atoms with E-state index in [0.717, 1.165) is 12.8 Å². The van der Waals surface area contributed by atoms with Gasteiger partial charge in [0, 0.05) is 43.8 Å². The van der Waals surface area contributed by atoms with Crippen LogP contribution in [0.3, 0.4) is 0 Å². The number of halogens is 1. The number of rotatable bonds is 2. The number of nitrogens with one attached hydrogen (secondary N) is 1. The maximum Gasteiger partial charge on any atom is 0.317 e. The summed E-state index contributed by atoms with van der Waals surface area (Å²) < 4.78 is 0. The van der Waals surface area contributed by atoms with E-state index >= 15 is 0 Å². The molecule has 0 bridgehead atoms. The molecule has 0 aromatic heterocycles. The average Bonchev–Trinajstić information content (AvgIpc) is 2.48. The predicted octanol–water partition coefficient (Wildman–Crippen LogP) is 2.22. The quantitative estimate of drug-likeness (QED) is 0.910. The fourth-order valence-electron chi connectivity index (χ4n) is 2.31. The summed E-state index contributed by atoms with van der Waals surface area (Å²) >= 11 is 5.83. The van der Waals surface area contributed by atoms with Crippen molar-refractivity contribution in [3.63, 3.8) is 0 Å². The highest BCUT2D eigenvalue weighted by atomic mass is 35.5. The number of hydrogen-bond acceptors (Lipinski definition) is 2. The molecule has 1 aromatic rings. The van der Waals surface area contributed by atoms with Crippen molar-refractivity contribution >= 4 is 23.5 Å². The molecule has 1 aliphatic heterocycles. The number of carbonyl (C=O) groups excluding carboxylic acids is 2. The molecule has 2 rings (SSSR count). The molecule has 21 heavy (non-hydrogen) atoms. The predicted molar refractivity (Wildman–Crippen MR) is 82.6 cm³/mol. The molecule has 6 heteroatoms. The highest BCUT2D eigenvalue weighted by Gasteiger charge is 2.24. The smallest absolute Gasteiger partial charge is 0.317 e. The topological polar surface area (TPSA) is 52.7 Å². The van der Waals surface area contributed by atoms with E-state index in [1.54, 1.807) is 38.4 Å².